The highest BCUT2D eigenvalue weighted by molar-refractivity contribution is 5.73. The maximum absolute atomic E-state index is 10.7. The molecule has 0 fully saturated rings. The largest absolute Gasteiger partial charge is 0.394 e. The van der Waals surface area contributed by atoms with Crippen molar-refractivity contribution in [3.8, 4) is 0 Å². The molecule has 0 aliphatic carbocycles. The van der Waals surface area contributed by atoms with Crippen molar-refractivity contribution >= 4 is 5.91 Å². The molecule has 0 radical (unpaired) electrons. The highest BCUT2D eigenvalue weighted by atomic mass is 16.5. The molecule has 0 aromatic heterocycles. The summed E-state index contributed by atoms with van der Waals surface area (Å²) in [7, 11) is 1.32. The van der Waals surface area contributed by atoms with Gasteiger partial charge in [-0.25, -0.2) is 0 Å². The molecule has 0 heterocycles. The zero-order valence-corrected chi connectivity index (χ0v) is 9.17. The van der Waals surface area contributed by atoms with Crippen LogP contribution in [-0.4, -0.2) is 59.3 Å². The lowest BCUT2D eigenvalue weighted by Gasteiger charge is -2.28. The summed E-state index contributed by atoms with van der Waals surface area (Å²) in [6, 6.07) is -0.610. The Labute approximate surface area is 88.9 Å². The van der Waals surface area contributed by atoms with E-state index in [1.807, 2.05) is 0 Å². The van der Waals surface area contributed by atoms with Crippen molar-refractivity contribution in [2.24, 2.45) is 0 Å². The summed E-state index contributed by atoms with van der Waals surface area (Å²) in [5, 5.41) is 30.5. The Kier molecular flexibility index (Phi) is 6.42. The van der Waals surface area contributed by atoms with Gasteiger partial charge in [-0.05, 0) is 6.92 Å². The number of carbonyl (C=O) groups excluding carboxylic acids is 1. The van der Waals surface area contributed by atoms with Gasteiger partial charge >= 0.3 is 0 Å². The van der Waals surface area contributed by atoms with Gasteiger partial charge in [-0.1, -0.05) is 0 Å². The fourth-order valence-corrected chi connectivity index (χ4v) is 1.24. The monoisotopic (exact) mass is 221 g/mol. The van der Waals surface area contributed by atoms with Gasteiger partial charge in [0.2, 0.25) is 5.91 Å². The average molecular weight is 221 g/mol. The highest BCUT2D eigenvalue weighted by Gasteiger charge is 2.30. The van der Waals surface area contributed by atoms with E-state index < -0.39 is 31.0 Å². The summed E-state index contributed by atoms with van der Waals surface area (Å²) in [6.45, 7) is 2.47. The van der Waals surface area contributed by atoms with Crippen molar-refractivity contribution in [1.29, 1.82) is 0 Å². The van der Waals surface area contributed by atoms with Crippen molar-refractivity contribution in [3.63, 3.8) is 0 Å². The number of aliphatic hydroxyl groups excluding tert-OH is 3. The second-order valence-electron chi connectivity index (χ2n) is 3.43. The van der Waals surface area contributed by atoms with Crippen LogP contribution in [0.1, 0.15) is 13.8 Å². The van der Waals surface area contributed by atoms with Crippen molar-refractivity contribution < 1.29 is 24.9 Å². The quantitative estimate of drug-likeness (QED) is 0.426. The van der Waals surface area contributed by atoms with Gasteiger partial charge in [0.15, 0.2) is 0 Å². The van der Waals surface area contributed by atoms with Gasteiger partial charge in [-0.15, -0.1) is 0 Å². The number of amides is 1. The summed E-state index contributed by atoms with van der Waals surface area (Å²) in [4.78, 5) is 10.7. The number of carbonyl (C=O) groups is 1. The minimum Gasteiger partial charge on any atom is -0.394 e. The van der Waals surface area contributed by atoms with E-state index in [4.69, 9.17) is 9.84 Å². The first kappa shape index (κ1) is 14.3. The fourth-order valence-electron chi connectivity index (χ4n) is 1.24. The van der Waals surface area contributed by atoms with Crippen molar-refractivity contribution in [1.82, 2.24) is 5.32 Å². The molecule has 0 aromatic rings. The van der Waals surface area contributed by atoms with Crippen LogP contribution in [0, 0.1) is 0 Å². The van der Waals surface area contributed by atoms with Gasteiger partial charge in [0.25, 0.3) is 0 Å². The first-order chi connectivity index (χ1) is 6.93. The van der Waals surface area contributed by atoms with Crippen molar-refractivity contribution in [3.05, 3.63) is 0 Å². The lowest BCUT2D eigenvalue weighted by molar-refractivity contribution is -0.124. The Morgan fingerprint density at radius 3 is 2.27 bits per heavy atom. The molecule has 1 amide bonds. The van der Waals surface area contributed by atoms with Gasteiger partial charge < -0.3 is 25.4 Å². The molecule has 4 unspecified atom stereocenters. The van der Waals surface area contributed by atoms with Crippen LogP contribution in [0.4, 0.5) is 0 Å². The number of methoxy groups -OCH3 is 1. The van der Waals surface area contributed by atoms with Crippen LogP contribution in [0.3, 0.4) is 0 Å². The molecule has 0 saturated carbocycles. The average Bonchev–Trinajstić information content (AvgIpc) is 2.17. The predicted octanol–water partition coefficient (Wildman–Crippen LogP) is -1.76. The molecule has 0 aliphatic heterocycles. The van der Waals surface area contributed by atoms with E-state index in [1.54, 1.807) is 6.92 Å². The predicted molar refractivity (Wildman–Crippen MR) is 53.2 cm³/mol. The van der Waals surface area contributed by atoms with Crippen LogP contribution in [-0.2, 0) is 9.53 Å². The smallest absolute Gasteiger partial charge is 0.217 e. The summed E-state index contributed by atoms with van der Waals surface area (Å²) in [6.07, 6.45) is -3.30. The minimum atomic E-state index is -1.25. The molecule has 0 rings (SSSR count). The summed E-state index contributed by atoms with van der Waals surface area (Å²) >= 11 is 0. The number of nitrogens with one attached hydrogen (secondary N) is 1. The Bertz CT molecular complexity index is 195. The third kappa shape index (κ3) is 4.57. The van der Waals surface area contributed by atoms with Gasteiger partial charge in [-0.2, -0.15) is 0 Å². The van der Waals surface area contributed by atoms with Crippen molar-refractivity contribution in [2.75, 3.05) is 13.7 Å². The number of ether oxygens (including phenoxy) is 1. The van der Waals surface area contributed by atoms with Crippen LogP contribution in [0.25, 0.3) is 0 Å². The molecule has 0 saturated heterocycles. The van der Waals surface area contributed by atoms with Crippen LogP contribution in [0.2, 0.25) is 0 Å². The normalized spacial score (nSPS) is 19.1. The maximum atomic E-state index is 10.7. The van der Waals surface area contributed by atoms with Crippen LogP contribution >= 0.6 is 0 Å². The van der Waals surface area contributed by atoms with Gasteiger partial charge in [0.05, 0.1) is 12.6 Å². The topological polar surface area (TPSA) is 99.0 Å². The third-order valence-corrected chi connectivity index (χ3v) is 2.16. The number of aliphatic hydroxyl groups is 3. The Balaban J connectivity index is 4.28. The zero-order valence-electron chi connectivity index (χ0n) is 9.17. The number of rotatable bonds is 6. The Morgan fingerprint density at radius 1 is 1.40 bits per heavy atom. The summed E-state index contributed by atoms with van der Waals surface area (Å²) in [5.74, 6) is -0.299. The van der Waals surface area contributed by atoms with Gasteiger partial charge in [0.1, 0.15) is 18.3 Å². The van der Waals surface area contributed by atoms with Gasteiger partial charge in [-0.3, -0.25) is 4.79 Å². The first-order valence-electron chi connectivity index (χ1n) is 4.70. The lowest BCUT2D eigenvalue weighted by Crippen LogP contribution is -2.51. The molecule has 0 aliphatic rings. The molecule has 0 spiro atoms. The second-order valence-corrected chi connectivity index (χ2v) is 3.43. The van der Waals surface area contributed by atoms with E-state index in [9.17, 15) is 15.0 Å². The minimum absolute atomic E-state index is 0.299. The molecule has 15 heavy (non-hydrogen) atoms. The lowest BCUT2D eigenvalue weighted by atomic mass is 10.0. The molecule has 0 bridgehead atoms. The van der Waals surface area contributed by atoms with E-state index in [0.29, 0.717) is 0 Å². The maximum Gasteiger partial charge on any atom is 0.217 e. The Morgan fingerprint density at radius 2 is 1.93 bits per heavy atom. The third-order valence-electron chi connectivity index (χ3n) is 2.16. The van der Waals surface area contributed by atoms with Crippen LogP contribution in [0.5, 0.6) is 0 Å². The number of hydrogen-bond acceptors (Lipinski definition) is 5. The van der Waals surface area contributed by atoms with Crippen molar-refractivity contribution in [2.45, 2.75) is 38.2 Å². The van der Waals surface area contributed by atoms with Crippen LogP contribution in [0.15, 0.2) is 0 Å². The summed E-state index contributed by atoms with van der Waals surface area (Å²) < 4.78 is 4.76. The molecule has 6 heteroatoms. The van der Waals surface area contributed by atoms with Gasteiger partial charge in [0, 0.05) is 14.0 Å². The highest BCUT2D eigenvalue weighted by Crippen LogP contribution is 2.07. The Hall–Kier alpha value is -0.690. The van der Waals surface area contributed by atoms with E-state index in [2.05, 4.69) is 5.32 Å². The molecule has 90 valence electrons. The number of hydrogen-bond donors (Lipinski definition) is 4. The van der Waals surface area contributed by atoms with E-state index >= 15 is 0 Å². The fraction of sp³-hybridized carbons (Fsp3) is 0.889. The molecular weight excluding hydrogens is 202 g/mol. The molecular formula is C9H19NO5. The standard InChI is InChI=1S/C9H19NO5/c1-5(10-6(2)12)8(13)9(14)7(4-11)15-3/h5,7-9,11,13-14H,4H2,1-3H3,(H,10,12). The van der Waals surface area contributed by atoms with E-state index in [0.717, 1.165) is 0 Å². The molecule has 4 atom stereocenters. The van der Waals surface area contributed by atoms with E-state index in [1.165, 1.54) is 14.0 Å². The van der Waals surface area contributed by atoms with Crippen LogP contribution < -0.4 is 5.32 Å². The molecule has 0 aromatic carbocycles. The molecule has 4 N–H and O–H groups in total. The first-order valence-corrected chi connectivity index (χ1v) is 4.70. The SMILES string of the molecule is COC(CO)C(O)C(O)C(C)NC(C)=O. The zero-order chi connectivity index (χ0) is 12.0. The summed E-state index contributed by atoms with van der Waals surface area (Å²) in [5.41, 5.74) is 0. The molecule has 6 nitrogen and oxygen atoms in total. The second kappa shape index (κ2) is 6.73. The van der Waals surface area contributed by atoms with E-state index in [-0.39, 0.29) is 5.91 Å².